The lowest BCUT2D eigenvalue weighted by Gasteiger charge is -2.21. The van der Waals surface area contributed by atoms with Crippen molar-refractivity contribution in [2.45, 2.75) is 47.1 Å². The number of carbonyl (C=O) groups excluding carboxylic acids is 4. The van der Waals surface area contributed by atoms with Crippen LogP contribution >= 0.6 is 11.3 Å². The molecule has 0 unspecified atom stereocenters. The molecule has 9 heteroatoms. The first-order chi connectivity index (χ1) is 12.6. The van der Waals surface area contributed by atoms with E-state index in [0.717, 1.165) is 4.88 Å². The number of amides is 2. The van der Waals surface area contributed by atoms with Gasteiger partial charge in [0.1, 0.15) is 11.0 Å². The van der Waals surface area contributed by atoms with Crippen molar-refractivity contribution >= 4 is 40.1 Å². The van der Waals surface area contributed by atoms with Gasteiger partial charge in [-0.05, 0) is 25.3 Å². The Morgan fingerprint density at radius 2 is 1.81 bits per heavy atom. The van der Waals surface area contributed by atoms with Crippen molar-refractivity contribution in [1.82, 2.24) is 5.32 Å². The molecule has 0 fully saturated rings. The SMILES string of the molecule is CC[C@H](C)[C@@H](NC(=O)COC(=O)c1c(NC(C)=O)sc(C)c1C)C(=O)OC. The monoisotopic (exact) mass is 398 g/mol. The summed E-state index contributed by atoms with van der Waals surface area (Å²) in [6.45, 7) is 8.06. The number of nitrogens with one attached hydrogen (secondary N) is 2. The number of aryl methyl sites for hydroxylation is 1. The summed E-state index contributed by atoms with van der Waals surface area (Å²) < 4.78 is 9.79. The Balaban J connectivity index is 2.80. The number of esters is 2. The van der Waals surface area contributed by atoms with E-state index in [-0.39, 0.29) is 17.4 Å². The zero-order valence-corrected chi connectivity index (χ0v) is 17.2. The van der Waals surface area contributed by atoms with Crippen LogP contribution in [0.5, 0.6) is 0 Å². The molecule has 0 saturated carbocycles. The predicted octanol–water partition coefficient (Wildman–Crippen LogP) is 2.18. The van der Waals surface area contributed by atoms with Crippen LogP contribution in [0.25, 0.3) is 0 Å². The van der Waals surface area contributed by atoms with Crippen LogP contribution in [0, 0.1) is 19.8 Å². The van der Waals surface area contributed by atoms with E-state index < -0.39 is 30.5 Å². The largest absolute Gasteiger partial charge is 0.467 e. The molecule has 150 valence electrons. The summed E-state index contributed by atoms with van der Waals surface area (Å²) in [6.07, 6.45) is 0.660. The second kappa shape index (κ2) is 10.1. The first-order valence-corrected chi connectivity index (χ1v) is 9.35. The maximum Gasteiger partial charge on any atom is 0.341 e. The second-order valence-corrected chi connectivity index (χ2v) is 7.42. The molecule has 2 amide bonds. The molecule has 0 aliphatic rings. The summed E-state index contributed by atoms with van der Waals surface area (Å²) in [5, 5.41) is 5.52. The highest BCUT2D eigenvalue weighted by atomic mass is 32.1. The van der Waals surface area contributed by atoms with Crippen LogP contribution in [-0.4, -0.2) is 43.5 Å². The molecule has 8 nitrogen and oxygen atoms in total. The van der Waals surface area contributed by atoms with Gasteiger partial charge in [0, 0.05) is 11.8 Å². The fraction of sp³-hybridized carbons (Fsp3) is 0.556. The molecule has 0 radical (unpaired) electrons. The Kier molecular flexibility index (Phi) is 8.42. The lowest BCUT2D eigenvalue weighted by atomic mass is 9.99. The van der Waals surface area contributed by atoms with Gasteiger partial charge in [-0.15, -0.1) is 11.3 Å². The van der Waals surface area contributed by atoms with E-state index in [1.54, 1.807) is 6.92 Å². The Hall–Kier alpha value is -2.42. The van der Waals surface area contributed by atoms with E-state index in [9.17, 15) is 19.2 Å². The van der Waals surface area contributed by atoms with Crippen LogP contribution in [0.1, 0.15) is 48.0 Å². The normalized spacial score (nSPS) is 12.7. The number of anilines is 1. The van der Waals surface area contributed by atoms with E-state index in [1.807, 2.05) is 20.8 Å². The minimum absolute atomic E-state index is 0.134. The number of ether oxygens (including phenoxy) is 2. The molecular weight excluding hydrogens is 372 g/mol. The van der Waals surface area contributed by atoms with E-state index in [1.165, 1.54) is 25.4 Å². The quantitative estimate of drug-likeness (QED) is 0.650. The summed E-state index contributed by atoms with van der Waals surface area (Å²) in [5.41, 5.74) is 0.910. The third kappa shape index (κ3) is 6.06. The lowest BCUT2D eigenvalue weighted by molar-refractivity contribution is -0.147. The maximum atomic E-state index is 12.4. The van der Waals surface area contributed by atoms with Gasteiger partial charge in [0.15, 0.2) is 6.61 Å². The average molecular weight is 398 g/mol. The summed E-state index contributed by atoms with van der Waals surface area (Å²) in [5.74, 6) is -2.32. The number of hydrogen-bond donors (Lipinski definition) is 2. The number of rotatable bonds is 8. The van der Waals surface area contributed by atoms with Gasteiger partial charge in [-0.3, -0.25) is 9.59 Å². The van der Waals surface area contributed by atoms with Crippen LogP contribution in [0.4, 0.5) is 5.00 Å². The van der Waals surface area contributed by atoms with E-state index >= 15 is 0 Å². The van der Waals surface area contributed by atoms with Crippen molar-refractivity contribution in [2.24, 2.45) is 5.92 Å². The molecule has 1 aromatic rings. The highest BCUT2D eigenvalue weighted by molar-refractivity contribution is 7.16. The fourth-order valence-electron chi connectivity index (χ4n) is 2.34. The van der Waals surface area contributed by atoms with Crippen molar-refractivity contribution < 1.29 is 28.7 Å². The fourth-order valence-corrected chi connectivity index (χ4v) is 3.43. The minimum Gasteiger partial charge on any atom is -0.467 e. The number of carbonyl (C=O) groups is 4. The molecule has 0 aliphatic carbocycles. The number of hydrogen-bond acceptors (Lipinski definition) is 7. The van der Waals surface area contributed by atoms with Gasteiger partial charge in [-0.25, -0.2) is 9.59 Å². The molecule has 27 heavy (non-hydrogen) atoms. The van der Waals surface area contributed by atoms with Crippen molar-refractivity contribution in [1.29, 1.82) is 0 Å². The Bertz CT molecular complexity index is 728. The first-order valence-electron chi connectivity index (χ1n) is 8.54. The molecule has 0 bridgehead atoms. The number of thiophene rings is 1. The average Bonchev–Trinajstić information content (AvgIpc) is 2.89. The zero-order chi connectivity index (χ0) is 20.7. The summed E-state index contributed by atoms with van der Waals surface area (Å²) in [6, 6.07) is -0.814. The molecule has 0 spiro atoms. The highest BCUT2D eigenvalue weighted by Crippen LogP contribution is 2.32. The topological polar surface area (TPSA) is 111 Å². The van der Waals surface area contributed by atoms with Crippen LogP contribution in [0.15, 0.2) is 0 Å². The third-order valence-corrected chi connectivity index (χ3v) is 5.32. The van der Waals surface area contributed by atoms with Crippen LogP contribution < -0.4 is 10.6 Å². The number of methoxy groups -OCH3 is 1. The third-order valence-electron chi connectivity index (χ3n) is 4.20. The molecule has 1 rings (SSSR count). The van der Waals surface area contributed by atoms with Crippen LogP contribution in [0.2, 0.25) is 0 Å². The molecular formula is C18H26N2O6S. The Labute approximate surface area is 162 Å². The molecule has 0 aromatic carbocycles. The van der Waals surface area contributed by atoms with Gasteiger partial charge in [0.25, 0.3) is 5.91 Å². The Morgan fingerprint density at radius 1 is 1.19 bits per heavy atom. The second-order valence-electron chi connectivity index (χ2n) is 6.20. The molecule has 1 aromatic heterocycles. The van der Waals surface area contributed by atoms with E-state index in [0.29, 0.717) is 17.0 Å². The van der Waals surface area contributed by atoms with Crippen LogP contribution in [0.3, 0.4) is 0 Å². The molecule has 0 saturated heterocycles. The standard InChI is InChI=1S/C18H26N2O6S/c1-7-9(2)15(18(24)25-6)20-13(22)8-26-17(23)14-10(3)11(4)27-16(14)19-12(5)21/h9,15H,7-8H2,1-6H3,(H,19,21)(H,20,22)/t9-,15+/m0/s1. The predicted molar refractivity (Wildman–Crippen MR) is 102 cm³/mol. The lowest BCUT2D eigenvalue weighted by Crippen LogP contribution is -2.47. The van der Waals surface area contributed by atoms with Gasteiger partial charge in [-0.2, -0.15) is 0 Å². The van der Waals surface area contributed by atoms with Crippen molar-refractivity contribution in [3.63, 3.8) is 0 Å². The van der Waals surface area contributed by atoms with Gasteiger partial charge in [0.2, 0.25) is 5.91 Å². The summed E-state index contributed by atoms with van der Waals surface area (Å²) in [7, 11) is 1.25. The van der Waals surface area contributed by atoms with Crippen molar-refractivity contribution in [3.8, 4) is 0 Å². The molecule has 0 aliphatic heterocycles. The van der Waals surface area contributed by atoms with E-state index in [4.69, 9.17) is 9.47 Å². The molecule has 2 N–H and O–H groups in total. The highest BCUT2D eigenvalue weighted by Gasteiger charge is 2.28. The van der Waals surface area contributed by atoms with Gasteiger partial charge >= 0.3 is 11.9 Å². The summed E-state index contributed by atoms with van der Waals surface area (Å²) >= 11 is 1.26. The van der Waals surface area contributed by atoms with Gasteiger partial charge in [0.05, 0.1) is 12.7 Å². The maximum absolute atomic E-state index is 12.4. The van der Waals surface area contributed by atoms with Gasteiger partial charge < -0.3 is 20.1 Å². The first kappa shape index (κ1) is 22.6. The zero-order valence-electron chi connectivity index (χ0n) is 16.4. The smallest absolute Gasteiger partial charge is 0.341 e. The van der Waals surface area contributed by atoms with Crippen molar-refractivity contribution in [3.05, 3.63) is 16.0 Å². The van der Waals surface area contributed by atoms with E-state index in [2.05, 4.69) is 10.6 Å². The molecule has 1 heterocycles. The Morgan fingerprint density at radius 3 is 2.33 bits per heavy atom. The minimum atomic E-state index is -0.814. The van der Waals surface area contributed by atoms with Crippen molar-refractivity contribution in [2.75, 3.05) is 19.0 Å². The summed E-state index contributed by atoms with van der Waals surface area (Å²) in [4.78, 5) is 48.5. The molecule has 2 atom stereocenters. The van der Waals surface area contributed by atoms with Crippen LogP contribution in [-0.2, 0) is 23.9 Å². The van der Waals surface area contributed by atoms with Gasteiger partial charge in [-0.1, -0.05) is 20.3 Å².